The fourth-order valence-corrected chi connectivity index (χ4v) is 8.36. The van der Waals surface area contributed by atoms with Crippen LogP contribution in [0.4, 0.5) is 10.5 Å². The summed E-state index contributed by atoms with van der Waals surface area (Å²) in [5.74, 6) is 0.770. The highest BCUT2D eigenvalue weighted by atomic mass is 32.2. The lowest BCUT2D eigenvalue weighted by Gasteiger charge is -2.34. The first kappa shape index (κ1) is 32.0. The van der Waals surface area contributed by atoms with Gasteiger partial charge >= 0.3 is 6.03 Å². The Kier molecular flexibility index (Phi) is 10.4. The number of piperidine rings is 1. The van der Waals surface area contributed by atoms with Crippen LogP contribution in [0.5, 0.6) is 0 Å². The molecular formula is C27H43N5O6S2. The fourth-order valence-electron chi connectivity index (χ4n) is 5.43. The van der Waals surface area contributed by atoms with Crippen molar-refractivity contribution in [2.24, 2.45) is 10.7 Å². The van der Waals surface area contributed by atoms with E-state index in [2.05, 4.69) is 10.3 Å². The van der Waals surface area contributed by atoms with E-state index in [4.69, 9.17) is 5.73 Å². The van der Waals surface area contributed by atoms with Gasteiger partial charge in [-0.15, -0.1) is 0 Å². The van der Waals surface area contributed by atoms with Gasteiger partial charge < -0.3 is 11.1 Å². The molecule has 1 aromatic rings. The maximum atomic E-state index is 13.2. The molecule has 3 rings (SSSR count). The summed E-state index contributed by atoms with van der Waals surface area (Å²) < 4.78 is 51.5. The number of amides is 3. The molecule has 0 radical (unpaired) electrons. The van der Waals surface area contributed by atoms with Crippen molar-refractivity contribution in [2.45, 2.75) is 77.7 Å². The van der Waals surface area contributed by atoms with Crippen LogP contribution in [0, 0.1) is 13.8 Å². The van der Waals surface area contributed by atoms with Gasteiger partial charge in [0.05, 0.1) is 11.5 Å². The Hall–Kier alpha value is -2.51. The predicted octanol–water partition coefficient (Wildman–Crippen LogP) is 2.44. The Morgan fingerprint density at radius 1 is 1.02 bits per heavy atom. The van der Waals surface area contributed by atoms with E-state index in [0.29, 0.717) is 50.0 Å². The Bertz CT molecular complexity index is 1330. The molecule has 2 aliphatic heterocycles. The third-order valence-electron chi connectivity index (χ3n) is 7.87. The number of urea groups is 1. The van der Waals surface area contributed by atoms with Crippen LogP contribution in [0.3, 0.4) is 0 Å². The standard InChI is InChI=1S/C27H43N5O6S2/c1-5-15-39(35,36)16-8-6-7-9-24-29-25(33)27(30-24)11-13-32(14-12-27)40(37,38)17-10-23-20(2)18-22(19-21(23)3)31(4)26(28)34/h18-19H,5-17H2,1-4H3,(H2,28,34)(H,29,30,33). The number of sulfone groups is 1. The highest BCUT2D eigenvalue weighted by Crippen LogP contribution is 2.32. The number of carbonyl (C=O) groups is 2. The van der Waals surface area contributed by atoms with Crippen molar-refractivity contribution in [2.75, 3.05) is 42.3 Å². The molecule has 224 valence electrons. The lowest BCUT2D eigenvalue weighted by atomic mass is 9.89. The summed E-state index contributed by atoms with van der Waals surface area (Å²) >= 11 is 0. The zero-order chi connectivity index (χ0) is 29.7. The van der Waals surface area contributed by atoms with Crippen molar-refractivity contribution in [3.05, 3.63) is 28.8 Å². The van der Waals surface area contributed by atoms with Crippen molar-refractivity contribution in [1.29, 1.82) is 0 Å². The van der Waals surface area contributed by atoms with Gasteiger partial charge in [0.2, 0.25) is 10.0 Å². The van der Waals surface area contributed by atoms with E-state index in [1.165, 1.54) is 9.21 Å². The summed E-state index contributed by atoms with van der Waals surface area (Å²) in [4.78, 5) is 30.3. The number of sulfonamides is 1. The second kappa shape index (κ2) is 13.0. The summed E-state index contributed by atoms with van der Waals surface area (Å²) in [6.45, 7) is 6.08. The molecule has 3 amide bonds. The van der Waals surface area contributed by atoms with E-state index in [-0.39, 0.29) is 36.3 Å². The molecule has 0 unspecified atom stereocenters. The van der Waals surface area contributed by atoms with E-state index in [1.54, 1.807) is 7.05 Å². The summed E-state index contributed by atoms with van der Waals surface area (Å²) in [5, 5.41) is 2.87. The van der Waals surface area contributed by atoms with Gasteiger partial charge in [-0.1, -0.05) is 13.3 Å². The molecule has 11 nitrogen and oxygen atoms in total. The number of unbranched alkanes of at least 4 members (excludes halogenated alkanes) is 2. The lowest BCUT2D eigenvalue weighted by Crippen LogP contribution is -2.50. The first-order valence-electron chi connectivity index (χ1n) is 13.9. The molecule has 1 aromatic carbocycles. The summed E-state index contributed by atoms with van der Waals surface area (Å²) in [7, 11) is -4.94. The van der Waals surface area contributed by atoms with Crippen LogP contribution in [-0.2, 0) is 31.1 Å². The van der Waals surface area contributed by atoms with E-state index in [1.807, 2.05) is 32.9 Å². The molecule has 13 heteroatoms. The van der Waals surface area contributed by atoms with Crippen molar-refractivity contribution in [1.82, 2.24) is 9.62 Å². The minimum absolute atomic E-state index is 0.0542. The number of aliphatic imine (C=N–C) groups is 1. The van der Waals surface area contributed by atoms with Crippen molar-refractivity contribution >= 4 is 43.3 Å². The molecule has 0 saturated carbocycles. The number of nitrogens with one attached hydrogen (secondary N) is 1. The van der Waals surface area contributed by atoms with E-state index < -0.39 is 31.4 Å². The van der Waals surface area contributed by atoms with Crippen LogP contribution in [0.1, 0.15) is 68.6 Å². The third-order valence-corrected chi connectivity index (χ3v) is 11.7. The van der Waals surface area contributed by atoms with Gasteiger partial charge in [0.15, 0.2) is 0 Å². The Morgan fingerprint density at radius 2 is 1.65 bits per heavy atom. The number of nitrogens with zero attached hydrogens (tertiary/aromatic N) is 3. The van der Waals surface area contributed by atoms with E-state index in [0.717, 1.165) is 29.5 Å². The highest BCUT2D eigenvalue weighted by molar-refractivity contribution is 7.91. The summed E-state index contributed by atoms with van der Waals surface area (Å²) in [6.07, 6.45) is 4.23. The molecule has 0 bridgehead atoms. The topological polar surface area (TPSA) is 159 Å². The molecule has 3 N–H and O–H groups in total. The molecule has 0 aromatic heterocycles. The number of carbonyl (C=O) groups excluding carboxylic acids is 2. The van der Waals surface area contributed by atoms with Gasteiger partial charge in [-0.2, -0.15) is 0 Å². The van der Waals surface area contributed by atoms with Crippen LogP contribution in [0.15, 0.2) is 17.1 Å². The molecule has 2 heterocycles. The quantitative estimate of drug-likeness (QED) is 0.332. The molecule has 2 aliphatic rings. The first-order valence-corrected chi connectivity index (χ1v) is 17.3. The molecule has 1 saturated heterocycles. The number of hydrogen-bond acceptors (Lipinski definition) is 7. The number of anilines is 1. The number of aryl methyl sites for hydroxylation is 2. The molecule has 40 heavy (non-hydrogen) atoms. The molecule has 0 atom stereocenters. The van der Waals surface area contributed by atoms with Gasteiger partial charge in [0, 0.05) is 38.0 Å². The minimum Gasteiger partial charge on any atom is -0.351 e. The Labute approximate surface area is 238 Å². The van der Waals surface area contributed by atoms with Gasteiger partial charge in [-0.25, -0.2) is 25.9 Å². The fraction of sp³-hybridized carbons (Fsp3) is 0.667. The summed E-state index contributed by atoms with van der Waals surface area (Å²) in [6, 6.07) is 3.08. The molecule has 1 fully saturated rings. The molecule has 0 aliphatic carbocycles. The molecular weight excluding hydrogens is 554 g/mol. The maximum absolute atomic E-state index is 13.2. The summed E-state index contributed by atoms with van der Waals surface area (Å²) in [5.41, 5.74) is 7.80. The van der Waals surface area contributed by atoms with Crippen molar-refractivity contribution < 1.29 is 26.4 Å². The number of amidine groups is 1. The predicted molar refractivity (Wildman–Crippen MR) is 158 cm³/mol. The number of rotatable bonds is 13. The Morgan fingerprint density at radius 3 is 2.23 bits per heavy atom. The smallest absolute Gasteiger partial charge is 0.318 e. The second-order valence-corrected chi connectivity index (χ2v) is 15.3. The SMILES string of the molecule is CCCS(=O)(=O)CCCCCC1=NC2(CCN(S(=O)(=O)CCc3c(C)cc(N(C)C(N)=O)cc3C)CC2)C(=O)N1. The van der Waals surface area contributed by atoms with Crippen LogP contribution < -0.4 is 16.0 Å². The van der Waals surface area contributed by atoms with Crippen LogP contribution in [0.2, 0.25) is 0 Å². The average molecular weight is 598 g/mol. The number of benzene rings is 1. The monoisotopic (exact) mass is 597 g/mol. The minimum atomic E-state index is -3.55. The Balaban J connectivity index is 1.53. The second-order valence-electron chi connectivity index (χ2n) is 10.9. The van der Waals surface area contributed by atoms with Gasteiger partial charge in [-0.3, -0.25) is 14.7 Å². The molecule has 1 spiro atoms. The number of primary amides is 1. The lowest BCUT2D eigenvalue weighted by molar-refractivity contribution is -0.124. The maximum Gasteiger partial charge on any atom is 0.318 e. The zero-order valence-electron chi connectivity index (χ0n) is 24.0. The van der Waals surface area contributed by atoms with Gasteiger partial charge in [-0.05, 0) is 81.2 Å². The normalized spacial score (nSPS) is 17.6. The van der Waals surface area contributed by atoms with E-state index >= 15 is 0 Å². The van der Waals surface area contributed by atoms with Crippen LogP contribution >= 0.6 is 0 Å². The largest absolute Gasteiger partial charge is 0.351 e. The van der Waals surface area contributed by atoms with Crippen molar-refractivity contribution in [3.63, 3.8) is 0 Å². The number of hydrogen-bond donors (Lipinski definition) is 2. The van der Waals surface area contributed by atoms with Gasteiger partial charge in [0.1, 0.15) is 21.2 Å². The van der Waals surface area contributed by atoms with Crippen LogP contribution in [-0.4, -0.2) is 81.8 Å². The third kappa shape index (κ3) is 7.82. The number of nitrogens with two attached hydrogens (primary N) is 1. The first-order chi connectivity index (χ1) is 18.7. The van der Waals surface area contributed by atoms with Crippen molar-refractivity contribution in [3.8, 4) is 0 Å². The highest BCUT2D eigenvalue weighted by Gasteiger charge is 2.47. The van der Waals surface area contributed by atoms with Crippen LogP contribution in [0.25, 0.3) is 0 Å². The van der Waals surface area contributed by atoms with Gasteiger partial charge in [0.25, 0.3) is 5.91 Å². The average Bonchev–Trinajstić information content (AvgIpc) is 3.16. The zero-order valence-corrected chi connectivity index (χ0v) is 25.7. The van der Waals surface area contributed by atoms with E-state index in [9.17, 15) is 26.4 Å².